The van der Waals surface area contributed by atoms with E-state index in [9.17, 15) is 18.0 Å². The van der Waals surface area contributed by atoms with Crippen LogP contribution in [0.25, 0.3) is 5.78 Å². The lowest BCUT2D eigenvalue weighted by Gasteiger charge is -2.20. The van der Waals surface area contributed by atoms with Gasteiger partial charge < -0.3 is 14.4 Å². The Morgan fingerprint density at radius 1 is 1.16 bits per heavy atom. The van der Waals surface area contributed by atoms with Crippen LogP contribution in [0.15, 0.2) is 18.2 Å². The Hall–Kier alpha value is -3.37. The van der Waals surface area contributed by atoms with Crippen molar-refractivity contribution >= 4 is 11.7 Å². The number of carbonyl (C=O) groups excluding carboxylic acids is 1. The number of aryl methyl sites for hydroxylation is 2. The van der Waals surface area contributed by atoms with Gasteiger partial charge in [-0.3, -0.25) is 4.79 Å². The van der Waals surface area contributed by atoms with Gasteiger partial charge in [-0.25, -0.2) is 9.50 Å². The summed E-state index contributed by atoms with van der Waals surface area (Å²) < 4.78 is 50.4. The molecule has 0 radical (unpaired) electrons. The highest BCUT2D eigenvalue weighted by Crippen LogP contribution is 2.28. The highest BCUT2D eigenvalue weighted by atomic mass is 19.4. The van der Waals surface area contributed by atoms with Crippen molar-refractivity contribution in [1.29, 1.82) is 0 Å². The van der Waals surface area contributed by atoms with E-state index in [1.54, 1.807) is 46.2 Å². The normalized spacial score (nSPS) is 11.6. The molecule has 1 aromatic carbocycles. The summed E-state index contributed by atoms with van der Waals surface area (Å²) in [6, 6.07) is 5.30. The largest absolute Gasteiger partial charge is 0.497 e. The number of fused-ring (bicyclic) bond motifs is 1. The molecule has 0 unspecified atom stereocenters. The minimum Gasteiger partial charge on any atom is -0.497 e. The van der Waals surface area contributed by atoms with Gasteiger partial charge in [0.1, 0.15) is 11.5 Å². The van der Waals surface area contributed by atoms with Crippen molar-refractivity contribution in [2.75, 3.05) is 21.3 Å². The molecule has 2 aromatic heterocycles. The molecule has 0 N–H and O–H groups in total. The summed E-state index contributed by atoms with van der Waals surface area (Å²) >= 11 is 0. The first-order valence-corrected chi connectivity index (χ1v) is 9.30. The van der Waals surface area contributed by atoms with E-state index in [1.165, 1.54) is 12.0 Å². The van der Waals surface area contributed by atoms with Gasteiger partial charge in [-0.1, -0.05) is 0 Å². The lowest BCUT2D eigenvalue weighted by Crippen LogP contribution is -2.28. The fourth-order valence-corrected chi connectivity index (χ4v) is 3.20. The molecule has 3 aromatic rings. The number of rotatable bonds is 6. The number of halogens is 3. The molecule has 1 amide bonds. The molecule has 0 aliphatic carbocycles. The van der Waals surface area contributed by atoms with Crippen LogP contribution in [0.4, 0.5) is 13.2 Å². The van der Waals surface area contributed by atoms with Crippen molar-refractivity contribution in [2.45, 2.75) is 33.0 Å². The molecule has 0 fully saturated rings. The molecule has 2 heterocycles. The maximum Gasteiger partial charge on any atom is 0.453 e. The first-order valence-electron chi connectivity index (χ1n) is 9.30. The van der Waals surface area contributed by atoms with Crippen LogP contribution in [-0.4, -0.2) is 51.7 Å². The molecule has 11 heteroatoms. The molecule has 0 spiro atoms. The molecular formula is C20H22F3N5O3. The van der Waals surface area contributed by atoms with E-state index in [-0.39, 0.29) is 24.7 Å². The number of likely N-dealkylation sites (N-methyl/N-ethyl adjacent to an activating group) is 1. The van der Waals surface area contributed by atoms with Crippen molar-refractivity contribution in [1.82, 2.24) is 24.5 Å². The Labute approximate surface area is 176 Å². The van der Waals surface area contributed by atoms with Crippen molar-refractivity contribution in [2.24, 2.45) is 0 Å². The molecule has 0 aliphatic heterocycles. The van der Waals surface area contributed by atoms with E-state index < -0.39 is 12.0 Å². The van der Waals surface area contributed by atoms with Crippen LogP contribution in [0.3, 0.4) is 0 Å². The smallest absolute Gasteiger partial charge is 0.453 e. The monoisotopic (exact) mass is 437 g/mol. The Balaban J connectivity index is 1.84. The minimum atomic E-state index is -4.68. The Morgan fingerprint density at radius 2 is 1.87 bits per heavy atom. The molecule has 0 saturated carbocycles. The summed E-state index contributed by atoms with van der Waals surface area (Å²) in [5, 5.41) is 3.51. The molecule has 8 nitrogen and oxygen atoms in total. The van der Waals surface area contributed by atoms with Gasteiger partial charge in [-0.2, -0.15) is 18.2 Å². The topological polar surface area (TPSA) is 81.9 Å². The zero-order valence-electron chi connectivity index (χ0n) is 17.7. The number of methoxy groups -OCH3 is 2. The van der Waals surface area contributed by atoms with Crippen LogP contribution in [0.5, 0.6) is 11.5 Å². The number of hydrogen-bond donors (Lipinski definition) is 0. The van der Waals surface area contributed by atoms with Crippen molar-refractivity contribution in [3.8, 4) is 11.5 Å². The van der Waals surface area contributed by atoms with Crippen LogP contribution in [-0.2, 0) is 23.9 Å². The molecule has 0 atom stereocenters. The summed E-state index contributed by atoms with van der Waals surface area (Å²) in [5.74, 6) is -0.450. The number of alkyl halides is 3. The van der Waals surface area contributed by atoms with E-state index >= 15 is 0 Å². The number of ether oxygens (including phenoxy) is 2. The van der Waals surface area contributed by atoms with Crippen LogP contribution < -0.4 is 9.47 Å². The number of benzene rings is 1. The van der Waals surface area contributed by atoms with Gasteiger partial charge in [-0.05, 0) is 26.0 Å². The molecule has 0 aliphatic rings. The second kappa shape index (κ2) is 8.40. The van der Waals surface area contributed by atoms with Gasteiger partial charge in [-0.15, -0.1) is 5.10 Å². The van der Waals surface area contributed by atoms with Gasteiger partial charge in [0, 0.05) is 42.2 Å². The molecule has 0 bridgehead atoms. The van der Waals surface area contributed by atoms with Crippen LogP contribution in [0, 0.1) is 13.8 Å². The lowest BCUT2D eigenvalue weighted by atomic mass is 10.1. The number of amides is 1. The van der Waals surface area contributed by atoms with Crippen LogP contribution >= 0.6 is 0 Å². The maximum absolute atomic E-state index is 12.9. The summed E-state index contributed by atoms with van der Waals surface area (Å²) in [5.41, 5.74) is 2.10. The van der Waals surface area contributed by atoms with Crippen molar-refractivity contribution in [3.05, 3.63) is 46.5 Å². The first-order chi connectivity index (χ1) is 14.5. The minimum absolute atomic E-state index is 0.0449. The number of hydrogen-bond acceptors (Lipinski definition) is 6. The van der Waals surface area contributed by atoms with Crippen LogP contribution in [0.1, 0.15) is 28.3 Å². The number of nitrogens with zero attached hydrogens (tertiary/aromatic N) is 5. The third-order valence-corrected chi connectivity index (χ3v) is 4.96. The molecular weight excluding hydrogens is 415 g/mol. The van der Waals surface area contributed by atoms with Gasteiger partial charge in [0.2, 0.25) is 5.91 Å². The third kappa shape index (κ3) is 4.54. The zero-order chi connectivity index (χ0) is 22.9. The number of carbonyl (C=O) groups is 1. The van der Waals surface area contributed by atoms with E-state index in [2.05, 4.69) is 15.1 Å². The average molecular weight is 437 g/mol. The summed E-state index contributed by atoms with van der Waals surface area (Å²) in [6.45, 7) is 3.50. The van der Waals surface area contributed by atoms with Gasteiger partial charge in [0.15, 0.2) is 0 Å². The third-order valence-electron chi connectivity index (χ3n) is 4.96. The molecule has 166 valence electrons. The first kappa shape index (κ1) is 22.3. The van der Waals surface area contributed by atoms with E-state index in [0.717, 1.165) is 10.1 Å². The standard InChI is InChI=1S/C20H22F3N5O3/c1-11-15(12(2)28-19(24-11)25-18(26-28)20(21,22)23)9-17(29)27(3)10-13-6-7-14(30-4)8-16(13)31-5/h6-8H,9-10H2,1-5H3. The molecule has 31 heavy (non-hydrogen) atoms. The Morgan fingerprint density at radius 3 is 2.48 bits per heavy atom. The quantitative estimate of drug-likeness (QED) is 0.590. The lowest BCUT2D eigenvalue weighted by molar-refractivity contribution is -0.144. The second-order valence-corrected chi connectivity index (χ2v) is 7.01. The molecule has 3 rings (SSSR count). The summed E-state index contributed by atoms with van der Waals surface area (Å²) in [4.78, 5) is 21.9. The Kier molecular flexibility index (Phi) is 6.05. The fraction of sp³-hybridized carbons (Fsp3) is 0.400. The summed E-state index contributed by atoms with van der Waals surface area (Å²) in [6.07, 6.45) is -4.72. The van der Waals surface area contributed by atoms with E-state index in [4.69, 9.17) is 9.47 Å². The van der Waals surface area contributed by atoms with E-state index in [1.807, 2.05) is 0 Å². The summed E-state index contributed by atoms with van der Waals surface area (Å²) in [7, 11) is 4.72. The highest BCUT2D eigenvalue weighted by molar-refractivity contribution is 5.79. The van der Waals surface area contributed by atoms with E-state index in [0.29, 0.717) is 28.5 Å². The number of aromatic nitrogens is 4. The maximum atomic E-state index is 12.9. The van der Waals surface area contributed by atoms with Gasteiger partial charge in [0.25, 0.3) is 11.6 Å². The van der Waals surface area contributed by atoms with Crippen molar-refractivity contribution < 1.29 is 27.4 Å². The average Bonchev–Trinajstić information content (AvgIpc) is 3.15. The van der Waals surface area contributed by atoms with Gasteiger partial charge in [0.05, 0.1) is 20.6 Å². The highest BCUT2D eigenvalue weighted by Gasteiger charge is 2.37. The Bertz CT molecular complexity index is 1130. The predicted octanol–water partition coefficient (Wildman–Crippen LogP) is 2.98. The van der Waals surface area contributed by atoms with Crippen LogP contribution in [0.2, 0.25) is 0 Å². The second-order valence-electron chi connectivity index (χ2n) is 7.01. The van der Waals surface area contributed by atoms with Gasteiger partial charge >= 0.3 is 6.18 Å². The molecule has 0 saturated heterocycles. The SMILES string of the molecule is COc1ccc(CN(C)C(=O)Cc2c(C)nc3nc(C(F)(F)F)nn3c2C)c(OC)c1. The zero-order valence-corrected chi connectivity index (χ0v) is 17.7. The van der Waals surface area contributed by atoms with Crippen molar-refractivity contribution in [3.63, 3.8) is 0 Å². The fourth-order valence-electron chi connectivity index (χ4n) is 3.20. The predicted molar refractivity (Wildman–Crippen MR) is 105 cm³/mol.